The molecule has 29 heavy (non-hydrogen) atoms. The molecule has 0 spiro atoms. The highest BCUT2D eigenvalue weighted by molar-refractivity contribution is 7.90. The fourth-order valence-electron chi connectivity index (χ4n) is 3.16. The average Bonchev–Trinajstić information content (AvgIpc) is 3.18. The number of para-hydroxylation sites is 2. The van der Waals surface area contributed by atoms with E-state index >= 15 is 0 Å². The molecule has 2 aromatic heterocycles. The molecule has 4 aromatic rings. The Bertz CT molecular complexity index is 1410. The molecule has 0 fully saturated rings. The monoisotopic (exact) mass is 430 g/mol. The molecule has 0 saturated heterocycles. The van der Waals surface area contributed by atoms with Crippen molar-refractivity contribution in [3.63, 3.8) is 0 Å². The zero-order valence-corrected chi connectivity index (χ0v) is 17.4. The summed E-state index contributed by atoms with van der Waals surface area (Å²) < 4.78 is 27.2. The molecular weight excluding hydrogens is 412 g/mol. The number of carbonyl (C=O) groups is 1. The number of hydrogen-bond donors (Lipinski definition) is 1. The van der Waals surface area contributed by atoms with Gasteiger partial charge in [0, 0.05) is 26.3 Å². The van der Waals surface area contributed by atoms with E-state index in [0.29, 0.717) is 15.3 Å². The predicted octanol–water partition coefficient (Wildman–Crippen LogP) is 2.38. The largest absolute Gasteiger partial charge is 0.328 e. The summed E-state index contributed by atoms with van der Waals surface area (Å²) in [6.45, 7) is 0.245. The smallest absolute Gasteiger partial charge is 0.302 e. The average molecular weight is 431 g/mol. The third-order valence-electron chi connectivity index (χ3n) is 4.65. The van der Waals surface area contributed by atoms with Crippen LogP contribution in [-0.4, -0.2) is 34.7 Å². The van der Waals surface area contributed by atoms with Gasteiger partial charge < -0.3 is 5.32 Å². The number of imidazole rings is 1. The van der Waals surface area contributed by atoms with Crippen LogP contribution in [0.15, 0.2) is 52.2 Å². The lowest BCUT2D eigenvalue weighted by Gasteiger charge is -2.03. The van der Waals surface area contributed by atoms with E-state index in [1.54, 1.807) is 28.3 Å². The Morgan fingerprint density at radius 3 is 2.62 bits per heavy atom. The van der Waals surface area contributed by atoms with Gasteiger partial charge in [-0.3, -0.25) is 13.9 Å². The normalized spacial score (nSPS) is 11.9. The lowest BCUT2D eigenvalue weighted by Crippen LogP contribution is -2.24. The number of anilines is 1. The summed E-state index contributed by atoms with van der Waals surface area (Å²) in [7, 11) is -1.61. The van der Waals surface area contributed by atoms with Crippen LogP contribution < -0.4 is 11.0 Å². The summed E-state index contributed by atoms with van der Waals surface area (Å²) in [6.07, 6.45) is 1.26. The number of carbonyl (C=O) groups excluding carboxylic acids is 1. The standard InChI is InChI=1S/C19H18N4O4S2/c1-22-14-5-3-4-6-15(14)23(19(22)25)10-9-17(24)21-18-20-13-8-7-12(29(2,26)27)11-16(13)28-18/h3-8,11H,9-10H2,1-2H3,(H,20,21,24). The van der Waals surface area contributed by atoms with Crippen molar-refractivity contribution in [2.45, 2.75) is 17.9 Å². The number of sulfone groups is 1. The number of thiazole rings is 1. The van der Waals surface area contributed by atoms with Crippen LogP contribution in [0.5, 0.6) is 0 Å². The fraction of sp³-hybridized carbons (Fsp3) is 0.211. The molecule has 8 nitrogen and oxygen atoms in total. The summed E-state index contributed by atoms with van der Waals surface area (Å²) >= 11 is 1.21. The molecule has 4 rings (SSSR count). The first kappa shape index (κ1) is 19.3. The van der Waals surface area contributed by atoms with Crippen LogP contribution in [-0.2, 0) is 28.2 Å². The first-order valence-corrected chi connectivity index (χ1v) is 11.5. The van der Waals surface area contributed by atoms with Gasteiger partial charge in [0.2, 0.25) is 5.91 Å². The number of nitrogens with one attached hydrogen (secondary N) is 1. The number of aryl methyl sites for hydroxylation is 2. The lowest BCUT2D eigenvalue weighted by molar-refractivity contribution is -0.116. The molecule has 10 heteroatoms. The highest BCUT2D eigenvalue weighted by Gasteiger charge is 2.14. The zero-order chi connectivity index (χ0) is 20.8. The van der Waals surface area contributed by atoms with Crippen LogP contribution in [0.25, 0.3) is 21.3 Å². The Morgan fingerprint density at radius 1 is 1.17 bits per heavy atom. The van der Waals surface area contributed by atoms with Crippen molar-refractivity contribution in [1.29, 1.82) is 0 Å². The van der Waals surface area contributed by atoms with Gasteiger partial charge in [-0.1, -0.05) is 23.5 Å². The third kappa shape index (κ3) is 3.68. The van der Waals surface area contributed by atoms with E-state index in [4.69, 9.17) is 0 Å². The van der Waals surface area contributed by atoms with Gasteiger partial charge in [-0.25, -0.2) is 18.2 Å². The number of nitrogens with zero attached hydrogens (tertiary/aromatic N) is 3. The van der Waals surface area contributed by atoms with Gasteiger partial charge in [0.05, 0.1) is 26.1 Å². The zero-order valence-electron chi connectivity index (χ0n) is 15.7. The Balaban J connectivity index is 1.51. The molecule has 0 unspecified atom stereocenters. The van der Waals surface area contributed by atoms with Gasteiger partial charge in [0.25, 0.3) is 0 Å². The van der Waals surface area contributed by atoms with Gasteiger partial charge in [0.1, 0.15) is 0 Å². The van der Waals surface area contributed by atoms with E-state index < -0.39 is 9.84 Å². The van der Waals surface area contributed by atoms with E-state index in [9.17, 15) is 18.0 Å². The SMILES string of the molecule is Cn1c(=O)n(CCC(=O)Nc2nc3ccc(S(C)(=O)=O)cc3s2)c2ccccc21. The van der Waals surface area contributed by atoms with Crippen molar-refractivity contribution in [2.24, 2.45) is 7.05 Å². The van der Waals surface area contributed by atoms with Gasteiger partial charge >= 0.3 is 5.69 Å². The van der Waals surface area contributed by atoms with E-state index in [1.807, 2.05) is 24.3 Å². The maximum absolute atomic E-state index is 12.4. The van der Waals surface area contributed by atoms with E-state index in [1.165, 1.54) is 17.4 Å². The molecule has 150 valence electrons. The molecule has 0 aliphatic heterocycles. The van der Waals surface area contributed by atoms with Crippen LogP contribution in [0.4, 0.5) is 5.13 Å². The minimum absolute atomic E-state index is 0.110. The molecular formula is C19H18N4O4S2. The summed E-state index contributed by atoms with van der Waals surface area (Å²) in [5, 5.41) is 3.12. The molecule has 0 bridgehead atoms. The van der Waals surface area contributed by atoms with Crippen molar-refractivity contribution in [1.82, 2.24) is 14.1 Å². The van der Waals surface area contributed by atoms with Crippen molar-refractivity contribution < 1.29 is 13.2 Å². The van der Waals surface area contributed by atoms with E-state index in [0.717, 1.165) is 17.3 Å². The Kier molecular flexibility index (Phi) is 4.75. The Morgan fingerprint density at radius 2 is 1.90 bits per heavy atom. The van der Waals surface area contributed by atoms with Gasteiger partial charge in [-0.05, 0) is 30.3 Å². The highest BCUT2D eigenvalue weighted by atomic mass is 32.2. The maximum Gasteiger partial charge on any atom is 0.328 e. The minimum Gasteiger partial charge on any atom is -0.302 e. The second kappa shape index (κ2) is 7.12. The number of aromatic nitrogens is 3. The quantitative estimate of drug-likeness (QED) is 0.524. The number of benzene rings is 2. The Hall–Kier alpha value is -2.98. The van der Waals surface area contributed by atoms with Crippen LogP contribution in [0.2, 0.25) is 0 Å². The molecule has 0 atom stereocenters. The van der Waals surface area contributed by atoms with Crippen LogP contribution in [0.1, 0.15) is 6.42 Å². The third-order valence-corrected chi connectivity index (χ3v) is 6.69. The molecule has 0 saturated carbocycles. The number of fused-ring (bicyclic) bond motifs is 2. The van der Waals surface area contributed by atoms with Crippen molar-refractivity contribution in [2.75, 3.05) is 11.6 Å². The summed E-state index contributed by atoms with van der Waals surface area (Å²) in [6, 6.07) is 12.1. The highest BCUT2D eigenvalue weighted by Crippen LogP contribution is 2.28. The topological polar surface area (TPSA) is 103 Å². The first-order chi connectivity index (χ1) is 13.7. The van der Waals surface area contributed by atoms with Crippen LogP contribution in [0.3, 0.4) is 0 Å². The summed E-state index contributed by atoms with van der Waals surface area (Å²) in [5.74, 6) is -0.271. The minimum atomic E-state index is -3.31. The second-order valence-corrected chi connectivity index (χ2v) is 9.75. The van der Waals surface area contributed by atoms with Crippen LogP contribution >= 0.6 is 11.3 Å². The molecule has 1 N–H and O–H groups in total. The summed E-state index contributed by atoms with van der Waals surface area (Å²) in [4.78, 5) is 29.3. The van der Waals surface area contributed by atoms with Gasteiger partial charge in [0.15, 0.2) is 15.0 Å². The lowest BCUT2D eigenvalue weighted by atomic mass is 10.3. The number of rotatable bonds is 5. The molecule has 2 aromatic carbocycles. The second-order valence-electron chi connectivity index (χ2n) is 6.70. The molecule has 0 aliphatic rings. The van der Waals surface area contributed by atoms with Gasteiger partial charge in [-0.15, -0.1) is 0 Å². The van der Waals surface area contributed by atoms with Crippen molar-refractivity contribution in [3.8, 4) is 0 Å². The molecule has 1 amide bonds. The molecule has 0 aliphatic carbocycles. The van der Waals surface area contributed by atoms with Crippen molar-refractivity contribution in [3.05, 3.63) is 52.9 Å². The van der Waals surface area contributed by atoms with Gasteiger partial charge in [-0.2, -0.15) is 0 Å². The van der Waals surface area contributed by atoms with Crippen molar-refractivity contribution >= 4 is 53.5 Å². The Labute approximate surface area is 170 Å². The first-order valence-electron chi connectivity index (χ1n) is 8.79. The van der Waals surface area contributed by atoms with Crippen LogP contribution in [0, 0.1) is 0 Å². The summed E-state index contributed by atoms with van der Waals surface area (Å²) in [5.41, 5.74) is 2.03. The fourth-order valence-corrected chi connectivity index (χ4v) is 4.81. The molecule has 0 radical (unpaired) electrons. The number of hydrogen-bond acceptors (Lipinski definition) is 6. The molecule has 2 heterocycles. The van der Waals surface area contributed by atoms with E-state index in [-0.39, 0.29) is 29.5 Å². The predicted molar refractivity (Wildman–Crippen MR) is 113 cm³/mol. The van der Waals surface area contributed by atoms with E-state index in [2.05, 4.69) is 10.3 Å². The maximum atomic E-state index is 12.4. The number of amides is 1.